The highest BCUT2D eigenvalue weighted by atomic mass is 79.9. The molecule has 1 aliphatic heterocycles. The first kappa shape index (κ1) is 14.4. The van der Waals surface area contributed by atoms with Gasteiger partial charge in [0.05, 0.1) is 29.3 Å². The largest absolute Gasteiger partial charge is 0.379 e. The normalized spacial score (nSPS) is 22.4. The third-order valence-electron chi connectivity index (χ3n) is 3.10. The predicted molar refractivity (Wildman–Crippen MR) is 77.0 cm³/mol. The Morgan fingerprint density at radius 2 is 2.42 bits per heavy atom. The zero-order valence-corrected chi connectivity index (χ0v) is 12.4. The van der Waals surface area contributed by atoms with Crippen molar-refractivity contribution >= 4 is 27.5 Å². The van der Waals surface area contributed by atoms with E-state index in [-0.39, 0.29) is 17.9 Å². The Labute approximate surface area is 121 Å². The van der Waals surface area contributed by atoms with Crippen LogP contribution in [-0.2, 0) is 9.53 Å². The molecule has 0 saturated carbocycles. The van der Waals surface area contributed by atoms with Gasteiger partial charge in [-0.15, -0.1) is 0 Å². The van der Waals surface area contributed by atoms with Gasteiger partial charge in [0.2, 0.25) is 5.91 Å². The van der Waals surface area contributed by atoms with Crippen LogP contribution in [0, 0.1) is 5.92 Å². The van der Waals surface area contributed by atoms with Gasteiger partial charge in [-0.2, -0.15) is 0 Å². The molecule has 1 aromatic rings. The number of hydrogen-bond acceptors (Lipinski definition) is 4. The van der Waals surface area contributed by atoms with Crippen molar-refractivity contribution in [3.63, 3.8) is 0 Å². The summed E-state index contributed by atoms with van der Waals surface area (Å²) < 4.78 is 6.19. The Morgan fingerprint density at radius 3 is 3.16 bits per heavy atom. The summed E-state index contributed by atoms with van der Waals surface area (Å²) in [5, 5.41) is 6.27. The molecule has 104 valence electrons. The molecule has 1 fully saturated rings. The molecule has 1 aliphatic rings. The number of halogens is 1. The molecule has 6 heteroatoms. The summed E-state index contributed by atoms with van der Waals surface area (Å²) in [5.41, 5.74) is 0.737. The standard InChI is InChI=1S/C13H18BrN3O2/c1-2-4-16-12-8-19-7-9(12)13(18)17-11-3-5-15-6-10(11)14/h3,5-6,9,12,16H,2,4,7-8H2,1H3,(H,15,17,18). The van der Waals surface area contributed by atoms with Crippen LogP contribution in [-0.4, -0.2) is 36.7 Å². The molecule has 0 spiro atoms. The topological polar surface area (TPSA) is 63.2 Å². The second-order valence-corrected chi connectivity index (χ2v) is 5.40. The molecule has 19 heavy (non-hydrogen) atoms. The number of amides is 1. The van der Waals surface area contributed by atoms with Crippen LogP contribution in [0.4, 0.5) is 5.69 Å². The minimum atomic E-state index is -0.147. The molecular weight excluding hydrogens is 310 g/mol. The highest BCUT2D eigenvalue weighted by molar-refractivity contribution is 9.10. The lowest BCUT2D eigenvalue weighted by Crippen LogP contribution is -2.41. The molecule has 1 amide bonds. The van der Waals surface area contributed by atoms with Crippen LogP contribution in [0.1, 0.15) is 13.3 Å². The molecule has 0 aliphatic carbocycles. The van der Waals surface area contributed by atoms with Gasteiger partial charge in [-0.1, -0.05) is 6.92 Å². The van der Waals surface area contributed by atoms with Gasteiger partial charge in [0.1, 0.15) is 0 Å². The molecule has 5 nitrogen and oxygen atoms in total. The van der Waals surface area contributed by atoms with Gasteiger partial charge in [-0.05, 0) is 35.0 Å². The van der Waals surface area contributed by atoms with Gasteiger partial charge in [-0.25, -0.2) is 0 Å². The van der Waals surface area contributed by atoms with Gasteiger partial charge in [0, 0.05) is 18.4 Å². The average Bonchev–Trinajstić information content (AvgIpc) is 2.87. The molecule has 1 saturated heterocycles. The Hall–Kier alpha value is -0.980. The number of carbonyl (C=O) groups excluding carboxylic acids is 1. The fourth-order valence-electron chi connectivity index (χ4n) is 2.05. The number of ether oxygens (including phenoxy) is 1. The maximum Gasteiger partial charge on any atom is 0.231 e. The van der Waals surface area contributed by atoms with Crippen LogP contribution < -0.4 is 10.6 Å². The van der Waals surface area contributed by atoms with Crippen molar-refractivity contribution in [2.75, 3.05) is 25.1 Å². The van der Waals surface area contributed by atoms with Gasteiger partial charge >= 0.3 is 0 Å². The maximum atomic E-state index is 12.3. The average molecular weight is 328 g/mol. The quantitative estimate of drug-likeness (QED) is 0.865. The van der Waals surface area contributed by atoms with E-state index in [1.807, 2.05) is 0 Å². The minimum Gasteiger partial charge on any atom is -0.379 e. The minimum absolute atomic E-state index is 0.0157. The van der Waals surface area contributed by atoms with Crippen molar-refractivity contribution in [3.05, 3.63) is 22.9 Å². The van der Waals surface area contributed by atoms with E-state index in [9.17, 15) is 4.79 Å². The first-order chi connectivity index (χ1) is 9.22. The van der Waals surface area contributed by atoms with Crippen molar-refractivity contribution < 1.29 is 9.53 Å². The highest BCUT2D eigenvalue weighted by Crippen LogP contribution is 2.22. The molecule has 2 rings (SSSR count). The predicted octanol–water partition coefficient (Wildman–Crippen LogP) is 1.80. The van der Waals surface area contributed by atoms with E-state index < -0.39 is 0 Å². The second-order valence-electron chi connectivity index (χ2n) is 4.55. The van der Waals surface area contributed by atoms with Crippen LogP contribution in [0.2, 0.25) is 0 Å². The molecule has 0 radical (unpaired) electrons. The Morgan fingerprint density at radius 1 is 1.58 bits per heavy atom. The number of nitrogens with zero attached hydrogens (tertiary/aromatic N) is 1. The van der Waals surface area contributed by atoms with E-state index in [4.69, 9.17) is 4.74 Å². The molecule has 2 unspecified atom stereocenters. The lowest BCUT2D eigenvalue weighted by Gasteiger charge is -2.18. The van der Waals surface area contributed by atoms with Gasteiger partial charge in [-0.3, -0.25) is 9.78 Å². The van der Waals surface area contributed by atoms with Crippen LogP contribution in [0.3, 0.4) is 0 Å². The van der Waals surface area contributed by atoms with E-state index >= 15 is 0 Å². The molecular formula is C13H18BrN3O2. The van der Waals surface area contributed by atoms with E-state index in [1.54, 1.807) is 18.5 Å². The summed E-state index contributed by atoms with van der Waals surface area (Å²) in [6, 6.07) is 1.87. The third-order valence-corrected chi connectivity index (χ3v) is 3.74. The van der Waals surface area contributed by atoms with E-state index in [0.29, 0.717) is 13.2 Å². The molecule has 0 aromatic carbocycles. The zero-order chi connectivity index (χ0) is 13.7. The maximum absolute atomic E-state index is 12.3. The van der Waals surface area contributed by atoms with Crippen molar-refractivity contribution in [1.82, 2.24) is 10.3 Å². The monoisotopic (exact) mass is 327 g/mol. The fraction of sp³-hybridized carbons (Fsp3) is 0.538. The summed E-state index contributed by atoms with van der Waals surface area (Å²) in [6.45, 7) is 4.06. The van der Waals surface area contributed by atoms with E-state index in [0.717, 1.165) is 23.1 Å². The SMILES string of the molecule is CCCNC1COCC1C(=O)Nc1ccncc1Br. The Kier molecular flexibility index (Phi) is 5.30. The summed E-state index contributed by atoms with van der Waals surface area (Å²) in [7, 11) is 0. The van der Waals surface area contributed by atoms with E-state index in [1.165, 1.54) is 0 Å². The molecule has 2 atom stereocenters. The lowest BCUT2D eigenvalue weighted by atomic mass is 10.0. The van der Waals surface area contributed by atoms with Gasteiger partial charge < -0.3 is 15.4 Å². The summed E-state index contributed by atoms with van der Waals surface area (Å²) >= 11 is 3.37. The zero-order valence-electron chi connectivity index (χ0n) is 10.9. The Bertz CT molecular complexity index is 442. The first-order valence-corrected chi connectivity index (χ1v) is 7.23. The van der Waals surface area contributed by atoms with E-state index in [2.05, 4.69) is 38.5 Å². The molecule has 1 aromatic heterocycles. The number of hydrogen-bond donors (Lipinski definition) is 2. The number of aromatic nitrogens is 1. The number of carbonyl (C=O) groups is 1. The van der Waals surface area contributed by atoms with Crippen LogP contribution in [0.25, 0.3) is 0 Å². The summed E-state index contributed by atoms with van der Waals surface area (Å²) in [4.78, 5) is 16.2. The smallest absolute Gasteiger partial charge is 0.231 e. The van der Waals surface area contributed by atoms with Crippen LogP contribution in [0.5, 0.6) is 0 Å². The van der Waals surface area contributed by atoms with Crippen LogP contribution >= 0.6 is 15.9 Å². The fourth-order valence-corrected chi connectivity index (χ4v) is 2.40. The summed E-state index contributed by atoms with van der Waals surface area (Å²) in [6.07, 6.45) is 4.35. The second kappa shape index (κ2) is 6.98. The first-order valence-electron chi connectivity index (χ1n) is 6.44. The number of anilines is 1. The summed E-state index contributed by atoms with van der Waals surface area (Å²) in [5.74, 6) is -0.162. The van der Waals surface area contributed by atoms with Crippen LogP contribution in [0.15, 0.2) is 22.9 Å². The number of pyridine rings is 1. The van der Waals surface area contributed by atoms with Gasteiger partial charge in [0.25, 0.3) is 0 Å². The number of rotatable bonds is 5. The molecule has 2 heterocycles. The van der Waals surface area contributed by atoms with Crippen molar-refractivity contribution in [2.24, 2.45) is 5.92 Å². The van der Waals surface area contributed by atoms with Crippen molar-refractivity contribution in [1.29, 1.82) is 0 Å². The Balaban J connectivity index is 1.97. The van der Waals surface area contributed by atoms with Crippen molar-refractivity contribution in [3.8, 4) is 0 Å². The third kappa shape index (κ3) is 3.75. The van der Waals surface area contributed by atoms with Crippen molar-refractivity contribution in [2.45, 2.75) is 19.4 Å². The number of nitrogens with one attached hydrogen (secondary N) is 2. The van der Waals surface area contributed by atoms with Gasteiger partial charge in [0.15, 0.2) is 0 Å². The lowest BCUT2D eigenvalue weighted by molar-refractivity contribution is -0.120. The molecule has 2 N–H and O–H groups in total. The highest BCUT2D eigenvalue weighted by Gasteiger charge is 2.33. The molecule has 0 bridgehead atoms.